The normalized spacial score (nSPS) is 13.0. The van der Waals surface area contributed by atoms with Gasteiger partial charge >= 0.3 is 71.1 Å². The number of hydrogen-bond donors (Lipinski definition) is 10. The van der Waals surface area contributed by atoms with Crippen molar-refractivity contribution in [1.29, 1.82) is 5.41 Å². The average molecular weight is 746 g/mol. The summed E-state index contributed by atoms with van der Waals surface area (Å²) in [5.41, 5.74) is 16.9. The third-order valence-corrected chi connectivity index (χ3v) is 6.87. The first-order valence-corrected chi connectivity index (χ1v) is 16.2. The van der Waals surface area contributed by atoms with Gasteiger partial charge in [0.1, 0.15) is 25.9 Å². The van der Waals surface area contributed by atoms with E-state index in [1.54, 1.807) is 30.3 Å². The van der Waals surface area contributed by atoms with Crippen LogP contribution in [0.15, 0.2) is 30.3 Å². The maximum Gasteiger partial charge on any atom is 1.00 e. The number of aliphatic carboxylic acids is 1. The number of guanidine groups is 1. The second kappa shape index (κ2) is 26.2. The van der Waals surface area contributed by atoms with Crippen LogP contribution >= 0.6 is 7.82 Å². The van der Waals surface area contributed by atoms with E-state index in [-0.39, 0.29) is 104 Å². The number of hydrogen-bond acceptors (Lipinski definition) is 13. The molecule has 0 bridgehead atoms. The minimum Gasteiger partial charge on any atom is -0.780 e. The van der Waals surface area contributed by atoms with Crippen LogP contribution in [-0.2, 0) is 44.3 Å². The molecule has 20 nitrogen and oxygen atoms in total. The van der Waals surface area contributed by atoms with Crippen LogP contribution in [0.5, 0.6) is 0 Å². The molecule has 0 radical (unpaired) electrons. The van der Waals surface area contributed by atoms with Crippen LogP contribution in [0.1, 0.15) is 44.1 Å². The molecule has 0 spiro atoms. The predicted octanol–water partition coefficient (Wildman–Crippen LogP) is -10.6. The third-order valence-electron chi connectivity index (χ3n) is 6.46. The van der Waals surface area contributed by atoms with Crippen molar-refractivity contribution >= 4 is 49.3 Å². The van der Waals surface area contributed by atoms with Crippen molar-refractivity contribution in [3.05, 3.63) is 35.9 Å². The molecule has 0 heterocycles. The molecule has 23 heteroatoms. The second-order valence-corrected chi connectivity index (χ2v) is 11.6. The maximum atomic E-state index is 13.4. The molecule has 1 rings (SSSR count). The average Bonchev–Trinajstić information content (AvgIpc) is 3.00. The summed E-state index contributed by atoms with van der Waals surface area (Å²) < 4.78 is 15.0. The fourth-order valence-corrected chi connectivity index (χ4v) is 4.47. The van der Waals surface area contributed by atoms with Crippen LogP contribution in [0.4, 0.5) is 0 Å². The van der Waals surface area contributed by atoms with E-state index in [1.165, 1.54) is 0 Å². The molecule has 4 amide bonds. The molecule has 0 aliphatic heterocycles. The monoisotopic (exact) mass is 745 g/mol. The summed E-state index contributed by atoms with van der Waals surface area (Å²) in [6.45, 7) is -0.185. The molecule has 268 valence electrons. The number of rotatable bonds is 22. The van der Waals surface area contributed by atoms with E-state index in [0.29, 0.717) is 18.4 Å². The van der Waals surface area contributed by atoms with Gasteiger partial charge in [-0.3, -0.25) is 29.4 Å². The van der Waals surface area contributed by atoms with Gasteiger partial charge in [-0.15, -0.1) is 0 Å². The standard InChI is InChI=1S/C27H44N9O11P.2Na/c28-11-5-4-10-18(26(43)47-48(44,45)46)35-24(41)19(13-16-7-2-1-3-8-16)36-25(42)20(14-22(38)39)34-21(37)15-33-23(40)17(29)9-6-12-32-27(30)31;;/h1-3,7-8,17-20H,4-6,9-15,28-29H2,(H,33,40)(H,34,37)(H,35,41)(H,36,42)(H,38,39)(H4,30,31,32)(H2,44,45,46);;/q;2*+1/p-2. The van der Waals surface area contributed by atoms with E-state index in [4.69, 9.17) is 22.6 Å². The molecule has 0 aliphatic rings. The van der Waals surface area contributed by atoms with E-state index < -0.39 is 80.5 Å². The molecule has 0 aliphatic carbocycles. The Balaban J connectivity index is 0. The summed E-state index contributed by atoms with van der Waals surface area (Å²) in [5.74, 6) is -7.10. The summed E-state index contributed by atoms with van der Waals surface area (Å²) in [4.78, 5) is 97.4. The molecule has 50 heavy (non-hydrogen) atoms. The van der Waals surface area contributed by atoms with Crippen LogP contribution in [0.25, 0.3) is 0 Å². The van der Waals surface area contributed by atoms with Crippen molar-refractivity contribution in [2.45, 2.75) is 69.1 Å². The Kier molecular flexibility index (Phi) is 25.9. The predicted molar refractivity (Wildman–Crippen MR) is 165 cm³/mol. The van der Waals surface area contributed by atoms with Gasteiger partial charge < -0.3 is 67.8 Å². The zero-order chi connectivity index (χ0) is 36.3. The second-order valence-electron chi connectivity index (χ2n) is 10.5. The first-order chi connectivity index (χ1) is 22.5. The summed E-state index contributed by atoms with van der Waals surface area (Å²) in [5, 5.41) is 28.1. The van der Waals surface area contributed by atoms with Gasteiger partial charge in [-0.05, 0) is 44.2 Å². The molecule has 0 fully saturated rings. The molecule has 4 atom stereocenters. The van der Waals surface area contributed by atoms with Crippen molar-refractivity contribution in [1.82, 2.24) is 26.6 Å². The Morgan fingerprint density at radius 3 is 2.02 bits per heavy atom. The van der Waals surface area contributed by atoms with E-state index in [9.17, 15) is 48.2 Å². The van der Waals surface area contributed by atoms with Crippen LogP contribution in [0.2, 0.25) is 0 Å². The van der Waals surface area contributed by atoms with Gasteiger partial charge in [-0.2, -0.15) is 0 Å². The first kappa shape index (κ1) is 49.5. The van der Waals surface area contributed by atoms with Crippen LogP contribution in [0.3, 0.4) is 0 Å². The van der Waals surface area contributed by atoms with Gasteiger partial charge in [-0.1, -0.05) is 30.3 Å². The van der Waals surface area contributed by atoms with Crippen molar-refractivity contribution in [2.24, 2.45) is 17.2 Å². The van der Waals surface area contributed by atoms with Gasteiger partial charge in [0.15, 0.2) is 5.96 Å². The van der Waals surface area contributed by atoms with Gasteiger partial charge in [-0.25, -0.2) is 4.79 Å². The zero-order valence-corrected chi connectivity index (χ0v) is 32.9. The number of carbonyl (C=O) groups is 6. The van der Waals surface area contributed by atoms with Crippen LogP contribution in [0, 0.1) is 5.41 Å². The Labute approximate surface area is 332 Å². The molecule has 13 N–H and O–H groups in total. The number of amides is 4. The Morgan fingerprint density at radius 2 is 1.46 bits per heavy atom. The SMILES string of the molecule is N=C(N)NCCCC(N)C(=O)NCC(=O)NC(CC(=O)O)C(=O)NC(Cc1ccccc1)C(=O)NC(CCCCN)C(=O)OP(=O)([O-])[O-].[Na+].[Na+]. The topological polar surface area (TPSA) is 357 Å². The molecular formula is C27H42N9Na2O11P. The van der Waals surface area contributed by atoms with Gasteiger partial charge in [0.05, 0.1) is 19.0 Å². The smallest absolute Gasteiger partial charge is 0.780 e. The zero-order valence-electron chi connectivity index (χ0n) is 28.0. The number of nitrogens with one attached hydrogen (secondary N) is 6. The summed E-state index contributed by atoms with van der Waals surface area (Å²) in [6.07, 6.45) is -0.139. The molecule has 0 aromatic heterocycles. The van der Waals surface area contributed by atoms with Gasteiger partial charge in [0.25, 0.3) is 0 Å². The summed E-state index contributed by atoms with van der Waals surface area (Å²) in [7, 11) is -5.77. The number of unbranched alkanes of at least 4 members (excludes halogenated alkanes) is 1. The van der Waals surface area contributed by atoms with Crippen molar-refractivity contribution in [3.8, 4) is 0 Å². The van der Waals surface area contributed by atoms with Gasteiger partial charge in [0.2, 0.25) is 23.6 Å². The minimum atomic E-state index is -5.77. The van der Waals surface area contributed by atoms with Crippen LogP contribution < -0.4 is 113 Å². The Bertz CT molecular complexity index is 1330. The number of nitrogens with two attached hydrogens (primary N) is 3. The first-order valence-electron chi connectivity index (χ1n) is 14.7. The molecule has 0 saturated heterocycles. The maximum absolute atomic E-state index is 13.4. The Morgan fingerprint density at radius 1 is 0.860 bits per heavy atom. The number of phosphoric acid groups is 1. The van der Waals surface area contributed by atoms with E-state index in [0.717, 1.165) is 0 Å². The fraction of sp³-hybridized carbons (Fsp3) is 0.519. The molecule has 4 unspecified atom stereocenters. The molecule has 1 aromatic carbocycles. The van der Waals surface area contributed by atoms with Crippen LogP contribution in [-0.4, -0.2) is 90.4 Å². The largest absolute Gasteiger partial charge is 1.00 e. The van der Waals surface area contributed by atoms with Gasteiger partial charge in [0, 0.05) is 13.0 Å². The molecular weight excluding hydrogens is 703 g/mol. The fourth-order valence-electron chi connectivity index (χ4n) is 4.12. The van der Waals surface area contributed by atoms with Crippen molar-refractivity contribution in [3.63, 3.8) is 0 Å². The third kappa shape index (κ3) is 22.3. The number of phosphoric ester groups is 1. The number of carbonyl (C=O) groups excluding carboxylic acids is 5. The van der Waals surface area contributed by atoms with E-state index in [2.05, 4.69) is 31.1 Å². The summed E-state index contributed by atoms with van der Waals surface area (Å²) >= 11 is 0. The van der Waals surface area contributed by atoms with Crippen molar-refractivity contribution in [2.75, 3.05) is 19.6 Å². The quantitative estimate of drug-likeness (QED) is 0.0173. The molecule has 0 saturated carbocycles. The van der Waals surface area contributed by atoms with E-state index in [1.807, 2.05) is 0 Å². The number of carboxylic acids is 1. The summed E-state index contributed by atoms with van der Waals surface area (Å²) in [6, 6.07) is 2.29. The van der Waals surface area contributed by atoms with Crippen molar-refractivity contribution < 1.29 is 112 Å². The minimum absolute atomic E-state index is 0. The molecule has 1 aromatic rings. The Hall–Kier alpha value is -2.62. The number of carboxylic acid groups (broad SMARTS) is 1. The number of benzene rings is 1. The van der Waals surface area contributed by atoms with E-state index >= 15 is 0 Å².